The van der Waals surface area contributed by atoms with E-state index in [1.807, 2.05) is 13.0 Å². The highest BCUT2D eigenvalue weighted by Gasteiger charge is 2.17. The average molecular weight is 249 g/mol. The zero-order valence-electron chi connectivity index (χ0n) is 11.6. The van der Waals surface area contributed by atoms with Crippen molar-refractivity contribution in [2.75, 3.05) is 32.7 Å². The van der Waals surface area contributed by atoms with Crippen molar-refractivity contribution in [1.29, 1.82) is 0 Å². The molecule has 1 aliphatic rings. The van der Waals surface area contributed by atoms with Crippen LogP contribution >= 0.6 is 0 Å². The van der Waals surface area contributed by atoms with Crippen LogP contribution in [0.15, 0.2) is 22.2 Å². The fourth-order valence-corrected chi connectivity index (χ4v) is 2.15. The number of allylic oxidation sites excluding steroid dienone is 1. The van der Waals surface area contributed by atoms with Gasteiger partial charge in [0.2, 0.25) is 0 Å². The van der Waals surface area contributed by atoms with Crippen LogP contribution in [0.25, 0.3) is 0 Å². The van der Waals surface area contributed by atoms with Gasteiger partial charge in [-0.25, -0.2) is 0 Å². The summed E-state index contributed by atoms with van der Waals surface area (Å²) in [5, 5.41) is 3.93. The molecule has 2 rings (SSSR count). The van der Waals surface area contributed by atoms with Crippen LogP contribution in [-0.4, -0.2) is 47.7 Å². The molecule has 0 bridgehead atoms. The Kier molecular flexibility index (Phi) is 4.55. The molecule has 0 aliphatic carbocycles. The van der Waals surface area contributed by atoms with E-state index in [9.17, 15) is 0 Å². The molecule has 0 saturated carbocycles. The molecule has 100 valence electrons. The number of rotatable bonds is 4. The minimum Gasteiger partial charge on any atom is -0.360 e. The molecule has 1 aromatic rings. The minimum absolute atomic E-state index is 0.886. The van der Waals surface area contributed by atoms with Gasteiger partial charge in [-0.15, -0.1) is 0 Å². The quantitative estimate of drug-likeness (QED) is 0.765. The van der Waals surface area contributed by atoms with Gasteiger partial charge < -0.3 is 4.52 Å². The molecule has 1 aliphatic heterocycles. The smallest absolute Gasteiger partial charge is 0.150 e. The number of aromatic nitrogens is 1. The standard InChI is InChI=1S/C14H23N3O/c1-12(2)4-5-16-6-8-17(9-7-16)11-14-10-13(3)15-18-14/h4,10H,5-9,11H2,1-3H3. The highest BCUT2D eigenvalue weighted by molar-refractivity contribution is 5.03. The molecule has 0 aromatic carbocycles. The van der Waals surface area contributed by atoms with Crippen LogP contribution in [0.5, 0.6) is 0 Å². The normalized spacial score (nSPS) is 17.9. The van der Waals surface area contributed by atoms with Gasteiger partial charge in [0.15, 0.2) is 5.76 Å². The predicted octanol–water partition coefficient (Wildman–Crippen LogP) is 2.07. The summed E-state index contributed by atoms with van der Waals surface area (Å²) >= 11 is 0. The molecule has 18 heavy (non-hydrogen) atoms. The lowest BCUT2D eigenvalue weighted by molar-refractivity contribution is 0.127. The Balaban J connectivity index is 1.75. The van der Waals surface area contributed by atoms with Gasteiger partial charge in [-0.1, -0.05) is 16.8 Å². The van der Waals surface area contributed by atoms with Gasteiger partial charge in [-0.05, 0) is 20.8 Å². The zero-order valence-corrected chi connectivity index (χ0v) is 11.6. The zero-order chi connectivity index (χ0) is 13.0. The molecule has 1 aromatic heterocycles. The molecule has 4 heteroatoms. The summed E-state index contributed by atoms with van der Waals surface area (Å²) in [6, 6.07) is 2.02. The lowest BCUT2D eigenvalue weighted by Gasteiger charge is -2.33. The Morgan fingerprint density at radius 3 is 2.50 bits per heavy atom. The summed E-state index contributed by atoms with van der Waals surface area (Å²) in [4.78, 5) is 4.92. The second-order valence-electron chi connectivity index (χ2n) is 5.29. The summed E-state index contributed by atoms with van der Waals surface area (Å²) in [5.41, 5.74) is 2.36. The lowest BCUT2D eigenvalue weighted by atomic mass is 10.2. The number of nitrogens with zero attached hydrogens (tertiary/aromatic N) is 3. The van der Waals surface area contributed by atoms with E-state index in [1.165, 1.54) is 5.57 Å². The molecule has 0 radical (unpaired) electrons. The van der Waals surface area contributed by atoms with E-state index < -0.39 is 0 Å². The first-order valence-electron chi connectivity index (χ1n) is 6.64. The lowest BCUT2D eigenvalue weighted by Crippen LogP contribution is -2.45. The van der Waals surface area contributed by atoms with E-state index in [-0.39, 0.29) is 0 Å². The fourth-order valence-electron chi connectivity index (χ4n) is 2.15. The summed E-state index contributed by atoms with van der Waals surface area (Å²) < 4.78 is 5.26. The monoisotopic (exact) mass is 249 g/mol. The van der Waals surface area contributed by atoms with Crippen LogP contribution in [0.3, 0.4) is 0 Å². The number of hydrogen-bond acceptors (Lipinski definition) is 4. The first-order valence-corrected chi connectivity index (χ1v) is 6.64. The maximum Gasteiger partial charge on any atom is 0.150 e. The molecule has 0 unspecified atom stereocenters. The molecule has 0 spiro atoms. The minimum atomic E-state index is 0.886. The van der Waals surface area contributed by atoms with Crippen LogP contribution < -0.4 is 0 Å². The van der Waals surface area contributed by atoms with Crippen LogP contribution in [0.4, 0.5) is 0 Å². The van der Waals surface area contributed by atoms with Gasteiger partial charge in [-0.2, -0.15) is 0 Å². The summed E-state index contributed by atoms with van der Waals surface area (Å²) in [7, 11) is 0. The van der Waals surface area contributed by atoms with Gasteiger partial charge >= 0.3 is 0 Å². The number of piperazine rings is 1. The predicted molar refractivity (Wildman–Crippen MR) is 72.4 cm³/mol. The van der Waals surface area contributed by atoms with E-state index in [0.717, 1.165) is 50.7 Å². The van der Waals surface area contributed by atoms with Crippen molar-refractivity contribution >= 4 is 0 Å². The Hall–Kier alpha value is -1.13. The third kappa shape index (κ3) is 3.96. The molecule has 0 atom stereocenters. The maximum absolute atomic E-state index is 5.26. The van der Waals surface area contributed by atoms with Crippen molar-refractivity contribution in [3.05, 3.63) is 29.2 Å². The van der Waals surface area contributed by atoms with Gasteiger partial charge in [0.25, 0.3) is 0 Å². The highest BCUT2D eigenvalue weighted by atomic mass is 16.5. The van der Waals surface area contributed by atoms with Crippen molar-refractivity contribution in [2.24, 2.45) is 0 Å². The third-order valence-corrected chi connectivity index (χ3v) is 3.28. The molecule has 4 nitrogen and oxygen atoms in total. The second kappa shape index (κ2) is 6.16. The van der Waals surface area contributed by atoms with Gasteiger partial charge in [-0.3, -0.25) is 9.80 Å². The van der Waals surface area contributed by atoms with Crippen LogP contribution in [0.1, 0.15) is 25.3 Å². The van der Waals surface area contributed by atoms with Crippen molar-refractivity contribution < 1.29 is 4.52 Å². The largest absolute Gasteiger partial charge is 0.360 e. The number of aryl methyl sites for hydroxylation is 1. The first-order chi connectivity index (χ1) is 8.63. The molecule has 2 heterocycles. The van der Waals surface area contributed by atoms with Crippen LogP contribution in [-0.2, 0) is 6.54 Å². The van der Waals surface area contributed by atoms with E-state index in [0.29, 0.717) is 0 Å². The Bertz CT molecular complexity index is 399. The van der Waals surface area contributed by atoms with E-state index in [1.54, 1.807) is 0 Å². The molecule has 1 saturated heterocycles. The molecular formula is C14H23N3O. The Morgan fingerprint density at radius 1 is 1.28 bits per heavy atom. The van der Waals surface area contributed by atoms with Crippen molar-refractivity contribution in [1.82, 2.24) is 15.0 Å². The van der Waals surface area contributed by atoms with Gasteiger partial charge in [0, 0.05) is 38.8 Å². The summed E-state index contributed by atoms with van der Waals surface area (Å²) in [6.45, 7) is 12.7. The average Bonchev–Trinajstić information content (AvgIpc) is 2.74. The fraction of sp³-hybridized carbons (Fsp3) is 0.643. The van der Waals surface area contributed by atoms with E-state index in [2.05, 4.69) is 34.9 Å². The maximum atomic E-state index is 5.26. The van der Waals surface area contributed by atoms with Crippen molar-refractivity contribution in [3.63, 3.8) is 0 Å². The summed E-state index contributed by atoms with van der Waals surface area (Å²) in [5.74, 6) is 0.977. The number of hydrogen-bond donors (Lipinski definition) is 0. The van der Waals surface area contributed by atoms with Crippen LogP contribution in [0, 0.1) is 6.92 Å². The van der Waals surface area contributed by atoms with Crippen LogP contribution in [0.2, 0.25) is 0 Å². The topological polar surface area (TPSA) is 32.5 Å². The van der Waals surface area contributed by atoms with E-state index in [4.69, 9.17) is 4.52 Å². The SMILES string of the molecule is CC(C)=CCN1CCN(Cc2cc(C)no2)CC1. The first kappa shape index (κ1) is 13.3. The highest BCUT2D eigenvalue weighted by Crippen LogP contribution is 2.09. The summed E-state index contributed by atoms with van der Waals surface area (Å²) in [6.07, 6.45) is 2.30. The van der Waals surface area contributed by atoms with E-state index >= 15 is 0 Å². The second-order valence-corrected chi connectivity index (χ2v) is 5.29. The van der Waals surface area contributed by atoms with Crippen molar-refractivity contribution in [3.8, 4) is 0 Å². The third-order valence-electron chi connectivity index (χ3n) is 3.28. The Morgan fingerprint density at radius 2 is 1.94 bits per heavy atom. The molecule has 0 N–H and O–H groups in total. The molecule has 0 amide bonds. The Labute approximate surface area is 109 Å². The van der Waals surface area contributed by atoms with Gasteiger partial charge in [0.05, 0.1) is 12.2 Å². The molecular weight excluding hydrogens is 226 g/mol. The molecule has 1 fully saturated rings. The van der Waals surface area contributed by atoms with Gasteiger partial charge in [0.1, 0.15) is 0 Å². The van der Waals surface area contributed by atoms with Crippen molar-refractivity contribution in [2.45, 2.75) is 27.3 Å².